The summed E-state index contributed by atoms with van der Waals surface area (Å²) in [6.45, 7) is 6.14. The van der Waals surface area contributed by atoms with Gasteiger partial charge in [0.25, 0.3) is 0 Å². The fourth-order valence-corrected chi connectivity index (χ4v) is 0.456. The second-order valence-electron chi connectivity index (χ2n) is 2.33. The molecule has 0 radical (unpaired) electrons. The molecule has 1 heterocycles. The van der Waals surface area contributed by atoms with Gasteiger partial charge in [-0.2, -0.15) is 0 Å². The predicted molar refractivity (Wildman–Crippen MR) is 39.1 cm³/mol. The van der Waals surface area contributed by atoms with E-state index in [0.29, 0.717) is 18.8 Å². The molecule has 0 aromatic rings. The fourth-order valence-electron chi connectivity index (χ4n) is 0.456. The van der Waals surface area contributed by atoms with Gasteiger partial charge in [0, 0.05) is 5.57 Å². The first-order chi connectivity index (χ1) is 4.70. The van der Waals surface area contributed by atoms with Crippen molar-refractivity contribution in [1.82, 2.24) is 0 Å². The minimum absolute atomic E-state index is 0. The zero-order chi connectivity index (χ0) is 7.56. The highest BCUT2D eigenvalue weighted by Crippen LogP contribution is 2.09. The van der Waals surface area contributed by atoms with Crippen molar-refractivity contribution in [3.63, 3.8) is 0 Å². The van der Waals surface area contributed by atoms with Crippen LogP contribution in [-0.4, -0.2) is 30.8 Å². The van der Waals surface area contributed by atoms with E-state index in [9.17, 15) is 4.79 Å². The zero-order valence-corrected chi connectivity index (χ0v) is 6.42. The Morgan fingerprint density at radius 1 is 1.82 bits per heavy atom. The Kier molecular flexibility index (Phi) is 3.78. The van der Waals surface area contributed by atoms with E-state index in [1.54, 1.807) is 6.92 Å². The molecule has 0 saturated carbocycles. The highest BCUT2D eigenvalue weighted by atomic mass is 16.6. The Hall–Kier alpha value is -0.870. The van der Waals surface area contributed by atoms with Gasteiger partial charge in [-0.3, -0.25) is 0 Å². The van der Waals surface area contributed by atoms with Gasteiger partial charge in [0.1, 0.15) is 12.7 Å². The zero-order valence-electron chi connectivity index (χ0n) is 6.42. The summed E-state index contributed by atoms with van der Waals surface area (Å²) < 4.78 is 9.60. The SMILES string of the molecule is C=C(C)C(=O)OCC1CO1.O. The maximum absolute atomic E-state index is 10.7. The first kappa shape index (κ1) is 10.1. The summed E-state index contributed by atoms with van der Waals surface area (Å²) in [6, 6.07) is 0. The van der Waals surface area contributed by atoms with E-state index >= 15 is 0 Å². The minimum atomic E-state index is -0.337. The Labute approximate surface area is 65.1 Å². The van der Waals surface area contributed by atoms with Gasteiger partial charge in [-0.25, -0.2) is 4.79 Å². The van der Waals surface area contributed by atoms with Crippen molar-refractivity contribution in [2.45, 2.75) is 13.0 Å². The highest BCUT2D eigenvalue weighted by molar-refractivity contribution is 5.86. The number of hydrogen-bond acceptors (Lipinski definition) is 3. The number of esters is 1. The lowest BCUT2D eigenvalue weighted by atomic mass is 10.4. The summed E-state index contributed by atoms with van der Waals surface area (Å²) >= 11 is 0. The smallest absolute Gasteiger partial charge is 0.333 e. The summed E-state index contributed by atoms with van der Waals surface area (Å²) in [5.74, 6) is -0.337. The first-order valence-electron chi connectivity index (χ1n) is 3.14. The number of epoxide rings is 1. The van der Waals surface area contributed by atoms with Gasteiger partial charge in [-0.1, -0.05) is 6.58 Å². The van der Waals surface area contributed by atoms with Crippen LogP contribution in [0.25, 0.3) is 0 Å². The van der Waals surface area contributed by atoms with Crippen LogP contribution in [0.2, 0.25) is 0 Å². The van der Waals surface area contributed by atoms with Crippen LogP contribution >= 0.6 is 0 Å². The van der Waals surface area contributed by atoms with E-state index < -0.39 is 0 Å². The van der Waals surface area contributed by atoms with Crippen LogP contribution in [0.3, 0.4) is 0 Å². The van der Waals surface area contributed by atoms with Crippen LogP contribution in [0.4, 0.5) is 0 Å². The topological polar surface area (TPSA) is 70.3 Å². The molecule has 11 heavy (non-hydrogen) atoms. The fraction of sp³-hybridized carbons (Fsp3) is 0.571. The molecule has 1 unspecified atom stereocenters. The number of hydrogen-bond donors (Lipinski definition) is 0. The molecular formula is C7H12O4. The summed E-state index contributed by atoms with van der Waals surface area (Å²) in [5.41, 5.74) is 0.431. The van der Waals surface area contributed by atoms with Crippen LogP contribution < -0.4 is 0 Å². The van der Waals surface area contributed by atoms with E-state index in [2.05, 4.69) is 6.58 Å². The van der Waals surface area contributed by atoms with Crippen molar-refractivity contribution in [3.8, 4) is 0 Å². The average molecular weight is 160 g/mol. The maximum Gasteiger partial charge on any atom is 0.333 e. The van der Waals surface area contributed by atoms with Crippen molar-refractivity contribution < 1.29 is 19.7 Å². The van der Waals surface area contributed by atoms with Crippen LogP contribution in [0, 0.1) is 0 Å². The normalized spacial score (nSPS) is 19.9. The molecule has 0 aromatic heterocycles. The standard InChI is InChI=1S/C7H10O3.H2O/c1-5(2)7(8)10-4-6-3-9-6;/h6H,1,3-4H2,2H3;1H2. The van der Waals surface area contributed by atoms with Crippen molar-refractivity contribution in [1.29, 1.82) is 0 Å². The highest BCUT2D eigenvalue weighted by Gasteiger charge is 2.24. The van der Waals surface area contributed by atoms with Crippen LogP contribution in [0.1, 0.15) is 6.92 Å². The third-order valence-electron chi connectivity index (χ3n) is 1.15. The van der Waals surface area contributed by atoms with Crippen LogP contribution in [-0.2, 0) is 14.3 Å². The lowest BCUT2D eigenvalue weighted by Crippen LogP contribution is -2.09. The van der Waals surface area contributed by atoms with Crippen molar-refractivity contribution in [2.24, 2.45) is 0 Å². The largest absolute Gasteiger partial charge is 0.459 e. The maximum atomic E-state index is 10.7. The molecule has 0 spiro atoms. The quantitative estimate of drug-likeness (QED) is 0.322. The van der Waals surface area contributed by atoms with E-state index in [1.807, 2.05) is 0 Å². The average Bonchev–Trinajstić information content (AvgIpc) is 2.64. The minimum Gasteiger partial charge on any atom is -0.459 e. The van der Waals surface area contributed by atoms with E-state index in [4.69, 9.17) is 9.47 Å². The molecule has 0 amide bonds. The second-order valence-corrected chi connectivity index (χ2v) is 2.33. The van der Waals surface area contributed by atoms with E-state index in [1.165, 1.54) is 0 Å². The van der Waals surface area contributed by atoms with Gasteiger partial charge in [-0.05, 0) is 6.92 Å². The number of carbonyl (C=O) groups excluding carboxylic acids is 1. The summed E-state index contributed by atoms with van der Waals surface area (Å²) in [5, 5.41) is 0. The Balaban J connectivity index is 0.000001000. The molecule has 0 aliphatic carbocycles. The lowest BCUT2D eigenvalue weighted by molar-refractivity contribution is -0.139. The molecule has 1 aliphatic heterocycles. The van der Waals surface area contributed by atoms with Gasteiger partial charge in [0.2, 0.25) is 0 Å². The van der Waals surface area contributed by atoms with Gasteiger partial charge >= 0.3 is 5.97 Å². The molecule has 1 saturated heterocycles. The summed E-state index contributed by atoms with van der Waals surface area (Å²) in [6.07, 6.45) is 0.142. The van der Waals surface area contributed by atoms with Crippen molar-refractivity contribution >= 4 is 5.97 Å². The molecule has 0 bridgehead atoms. The molecule has 1 fully saturated rings. The Morgan fingerprint density at radius 2 is 2.36 bits per heavy atom. The molecular weight excluding hydrogens is 148 g/mol. The van der Waals surface area contributed by atoms with Gasteiger partial charge in [0.15, 0.2) is 0 Å². The van der Waals surface area contributed by atoms with Crippen LogP contribution in [0.15, 0.2) is 12.2 Å². The van der Waals surface area contributed by atoms with Crippen LogP contribution in [0.5, 0.6) is 0 Å². The van der Waals surface area contributed by atoms with E-state index in [-0.39, 0.29) is 17.5 Å². The van der Waals surface area contributed by atoms with Gasteiger partial charge in [0.05, 0.1) is 6.61 Å². The lowest BCUT2D eigenvalue weighted by Gasteiger charge is -1.99. The van der Waals surface area contributed by atoms with E-state index in [0.717, 1.165) is 0 Å². The summed E-state index contributed by atoms with van der Waals surface area (Å²) in [7, 11) is 0. The molecule has 64 valence electrons. The third kappa shape index (κ3) is 3.75. The molecule has 4 nitrogen and oxygen atoms in total. The molecule has 1 rings (SSSR count). The first-order valence-corrected chi connectivity index (χ1v) is 3.14. The second kappa shape index (κ2) is 4.10. The predicted octanol–water partition coefficient (Wildman–Crippen LogP) is -0.320. The molecule has 1 atom stereocenters. The third-order valence-corrected chi connectivity index (χ3v) is 1.15. The van der Waals surface area contributed by atoms with Gasteiger partial charge < -0.3 is 14.9 Å². The number of rotatable bonds is 3. The molecule has 1 aliphatic rings. The monoisotopic (exact) mass is 160 g/mol. The molecule has 0 aromatic carbocycles. The summed E-state index contributed by atoms with van der Waals surface area (Å²) in [4.78, 5) is 10.7. The Bertz CT molecular complexity index is 160. The van der Waals surface area contributed by atoms with Crippen molar-refractivity contribution in [3.05, 3.63) is 12.2 Å². The molecule has 4 heteroatoms. The molecule has 2 N–H and O–H groups in total. The number of carbonyl (C=O) groups is 1. The Morgan fingerprint density at radius 3 is 2.73 bits per heavy atom. The van der Waals surface area contributed by atoms with Gasteiger partial charge in [-0.15, -0.1) is 0 Å². The van der Waals surface area contributed by atoms with Crippen molar-refractivity contribution in [2.75, 3.05) is 13.2 Å². The number of ether oxygens (including phenoxy) is 2.